The van der Waals surface area contributed by atoms with Crippen LogP contribution >= 0.6 is 0 Å². The molecule has 2 rings (SSSR count). The molecule has 1 amide bonds. The second kappa shape index (κ2) is 7.34. The Labute approximate surface area is 119 Å². The topological polar surface area (TPSA) is 29.5 Å². The fourth-order valence-corrected chi connectivity index (χ4v) is 1.89. The van der Waals surface area contributed by atoms with Crippen LogP contribution in [0.25, 0.3) is 0 Å². The Morgan fingerprint density at radius 3 is 2.25 bits per heavy atom. The van der Waals surface area contributed by atoms with Crippen molar-refractivity contribution in [1.29, 1.82) is 0 Å². The highest BCUT2D eigenvalue weighted by Crippen LogP contribution is 2.13. The molecule has 0 saturated carbocycles. The van der Waals surface area contributed by atoms with E-state index < -0.39 is 0 Å². The molecule has 0 bridgehead atoms. The van der Waals surface area contributed by atoms with Gasteiger partial charge in [0.25, 0.3) is 0 Å². The van der Waals surface area contributed by atoms with Gasteiger partial charge >= 0.3 is 0 Å². The number of carbonyl (C=O) groups is 1. The van der Waals surface area contributed by atoms with Gasteiger partial charge in [-0.2, -0.15) is 0 Å². The second-order valence-electron chi connectivity index (χ2n) is 4.55. The second-order valence-corrected chi connectivity index (χ2v) is 4.55. The minimum Gasteiger partial charge on any atom is -0.494 e. The fourth-order valence-electron chi connectivity index (χ4n) is 1.89. The largest absolute Gasteiger partial charge is 0.494 e. The van der Waals surface area contributed by atoms with Gasteiger partial charge in [0.1, 0.15) is 5.75 Å². The third kappa shape index (κ3) is 4.12. The molecule has 0 aliphatic carbocycles. The monoisotopic (exact) mass is 269 g/mol. The number of para-hydroxylation sites is 2. The first kappa shape index (κ1) is 14.1. The predicted octanol–water partition coefficient (Wildman–Crippen LogP) is 3.51. The average molecular weight is 269 g/mol. The predicted molar refractivity (Wildman–Crippen MR) is 81.0 cm³/mol. The van der Waals surface area contributed by atoms with Crippen molar-refractivity contribution in [2.75, 3.05) is 18.6 Å². The standard InChI is InChI=1S/C17H19NO2/c1-18(15-9-4-2-5-10-15)17(19)13-8-14-20-16-11-6-3-7-12-16/h2-7,9-12H,8,13-14H2,1H3. The Morgan fingerprint density at radius 2 is 1.60 bits per heavy atom. The number of hydrogen-bond acceptors (Lipinski definition) is 2. The quantitative estimate of drug-likeness (QED) is 0.751. The number of ether oxygens (including phenoxy) is 1. The van der Waals surface area contributed by atoms with Crippen molar-refractivity contribution in [2.24, 2.45) is 0 Å². The third-order valence-electron chi connectivity index (χ3n) is 3.06. The maximum absolute atomic E-state index is 12.0. The van der Waals surface area contributed by atoms with Crippen molar-refractivity contribution in [2.45, 2.75) is 12.8 Å². The molecule has 0 unspecified atom stereocenters. The van der Waals surface area contributed by atoms with E-state index in [2.05, 4.69) is 0 Å². The fraction of sp³-hybridized carbons (Fsp3) is 0.235. The van der Waals surface area contributed by atoms with Crippen LogP contribution < -0.4 is 9.64 Å². The molecule has 0 atom stereocenters. The van der Waals surface area contributed by atoms with E-state index >= 15 is 0 Å². The summed E-state index contributed by atoms with van der Waals surface area (Å²) in [6, 6.07) is 19.3. The van der Waals surface area contributed by atoms with Gasteiger partial charge in [-0.3, -0.25) is 4.79 Å². The van der Waals surface area contributed by atoms with E-state index in [-0.39, 0.29) is 5.91 Å². The van der Waals surface area contributed by atoms with Crippen LogP contribution in [0, 0.1) is 0 Å². The summed E-state index contributed by atoms with van der Waals surface area (Å²) >= 11 is 0. The molecular weight excluding hydrogens is 250 g/mol. The molecule has 20 heavy (non-hydrogen) atoms. The van der Waals surface area contributed by atoms with Crippen LogP contribution in [0.4, 0.5) is 5.69 Å². The Balaban J connectivity index is 1.73. The molecule has 2 aromatic carbocycles. The van der Waals surface area contributed by atoms with Gasteiger partial charge in [0.15, 0.2) is 0 Å². The van der Waals surface area contributed by atoms with Crippen molar-refractivity contribution < 1.29 is 9.53 Å². The Bertz CT molecular complexity index is 525. The number of rotatable bonds is 6. The van der Waals surface area contributed by atoms with Gasteiger partial charge in [0.05, 0.1) is 6.61 Å². The van der Waals surface area contributed by atoms with Gasteiger partial charge < -0.3 is 9.64 Å². The van der Waals surface area contributed by atoms with Crippen LogP contribution in [-0.2, 0) is 4.79 Å². The molecule has 3 heteroatoms. The van der Waals surface area contributed by atoms with Crippen molar-refractivity contribution in [3.63, 3.8) is 0 Å². The molecular formula is C17H19NO2. The van der Waals surface area contributed by atoms with E-state index in [4.69, 9.17) is 4.74 Å². The SMILES string of the molecule is CN(C(=O)CCCOc1ccccc1)c1ccccc1. The maximum atomic E-state index is 12.0. The molecule has 2 aromatic rings. The first-order valence-corrected chi connectivity index (χ1v) is 6.77. The molecule has 3 nitrogen and oxygen atoms in total. The van der Waals surface area contributed by atoms with Crippen LogP contribution in [-0.4, -0.2) is 19.6 Å². The lowest BCUT2D eigenvalue weighted by Gasteiger charge is -2.17. The highest BCUT2D eigenvalue weighted by Gasteiger charge is 2.09. The first-order valence-electron chi connectivity index (χ1n) is 6.77. The van der Waals surface area contributed by atoms with Gasteiger partial charge in [-0.05, 0) is 30.7 Å². The Kier molecular flexibility index (Phi) is 5.18. The van der Waals surface area contributed by atoms with Crippen LogP contribution in [0.3, 0.4) is 0 Å². The number of carbonyl (C=O) groups excluding carboxylic acids is 1. The zero-order valence-corrected chi connectivity index (χ0v) is 11.7. The number of benzene rings is 2. The zero-order valence-electron chi connectivity index (χ0n) is 11.7. The van der Waals surface area contributed by atoms with Crippen molar-refractivity contribution >= 4 is 11.6 Å². The van der Waals surface area contributed by atoms with Crippen LogP contribution in [0.5, 0.6) is 5.75 Å². The first-order chi connectivity index (χ1) is 9.77. The highest BCUT2D eigenvalue weighted by molar-refractivity contribution is 5.92. The number of amides is 1. The van der Waals surface area contributed by atoms with Crippen molar-refractivity contribution in [3.8, 4) is 5.75 Å². The molecule has 0 fully saturated rings. The number of anilines is 1. The highest BCUT2D eigenvalue weighted by atomic mass is 16.5. The lowest BCUT2D eigenvalue weighted by atomic mass is 10.2. The molecule has 0 N–H and O–H groups in total. The summed E-state index contributed by atoms with van der Waals surface area (Å²) in [7, 11) is 1.80. The summed E-state index contributed by atoms with van der Waals surface area (Å²) in [5.41, 5.74) is 0.918. The zero-order chi connectivity index (χ0) is 14.2. The summed E-state index contributed by atoms with van der Waals surface area (Å²) in [5.74, 6) is 0.948. The van der Waals surface area contributed by atoms with E-state index in [0.29, 0.717) is 19.4 Å². The summed E-state index contributed by atoms with van der Waals surface area (Å²) < 4.78 is 5.57. The number of nitrogens with zero attached hydrogens (tertiary/aromatic N) is 1. The molecule has 0 saturated heterocycles. The van der Waals surface area contributed by atoms with Crippen molar-refractivity contribution in [1.82, 2.24) is 0 Å². The van der Waals surface area contributed by atoms with Crippen LogP contribution in [0.2, 0.25) is 0 Å². The van der Waals surface area contributed by atoms with Gasteiger partial charge in [-0.1, -0.05) is 36.4 Å². The lowest BCUT2D eigenvalue weighted by Crippen LogP contribution is -2.26. The average Bonchev–Trinajstić information content (AvgIpc) is 2.52. The summed E-state index contributed by atoms with van der Waals surface area (Å²) in [6.45, 7) is 0.554. The minimum atomic E-state index is 0.105. The Hall–Kier alpha value is -2.29. The Morgan fingerprint density at radius 1 is 1.00 bits per heavy atom. The molecule has 0 heterocycles. The molecule has 0 radical (unpaired) electrons. The molecule has 0 aliphatic heterocycles. The van der Waals surface area contributed by atoms with Gasteiger partial charge in [-0.15, -0.1) is 0 Å². The molecule has 0 spiro atoms. The lowest BCUT2D eigenvalue weighted by molar-refractivity contribution is -0.118. The van der Waals surface area contributed by atoms with E-state index in [0.717, 1.165) is 11.4 Å². The third-order valence-corrected chi connectivity index (χ3v) is 3.06. The molecule has 0 aromatic heterocycles. The smallest absolute Gasteiger partial charge is 0.226 e. The van der Waals surface area contributed by atoms with Crippen molar-refractivity contribution in [3.05, 3.63) is 60.7 Å². The maximum Gasteiger partial charge on any atom is 0.226 e. The number of hydrogen-bond donors (Lipinski definition) is 0. The van der Waals surface area contributed by atoms with Crippen LogP contribution in [0.15, 0.2) is 60.7 Å². The summed E-state index contributed by atoms with van der Waals surface area (Å²) in [6.07, 6.45) is 1.20. The normalized spacial score (nSPS) is 10.1. The van der Waals surface area contributed by atoms with E-state index in [9.17, 15) is 4.79 Å². The van der Waals surface area contributed by atoms with Crippen LogP contribution in [0.1, 0.15) is 12.8 Å². The van der Waals surface area contributed by atoms with Gasteiger partial charge in [0, 0.05) is 19.2 Å². The van der Waals surface area contributed by atoms with E-state index in [1.165, 1.54) is 0 Å². The van der Waals surface area contributed by atoms with Gasteiger partial charge in [0.2, 0.25) is 5.91 Å². The minimum absolute atomic E-state index is 0.105. The van der Waals surface area contributed by atoms with E-state index in [1.54, 1.807) is 11.9 Å². The summed E-state index contributed by atoms with van der Waals surface area (Å²) in [5, 5.41) is 0. The molecule has 0 aliphatic rings. The molecule has 104 valence electrons. The van der Waals surface area contributed by atoms with E-state index in [1.807, 2.05) is 60.7 Å². The summed E-state index contributed by atoms with van der Waals surface area (Å²) in [4.78, 5) is 13.7. The van der Waals surface area contributed by atoms with Gasteiger partial charge in [-0.25, -0.2) is 0 Å².